The van der Waals surface area contributed by atoms with Gasteiger partial charge in [0, 0.05) is 17.0 Å². The average Bonchev–Trinajstić information content (AvgIpc) is 2.70. The summed E-state index contributed by atoms with van der Waals surface area (Å²) in [6, 6.07) is 19.4. The first-order valence-corrected chi connectivity index (χ1v) is 11.7. The second-order valence-electron chi connectivity index (χ2n) is 6.79. The number of unbranched alkanes of at least 4 members (excludes halogenated alkanes) is 8. The third-order valence-electron chi connectivity index (χ3n) is 4.63. The van der Waals surface area contributed by atoms with Crippen LogP contribution in [0.5, 0.6) is 0 Å². The Morgan fingerprint density at radius 1 is 0.692 bits per heavy atom. The van der Waals surface area contributed by atoms with Crippen molar-refractivity contribution in [3.05, 3.63) is 60.7 Å². The molecule has 0 spiro atoms. The molecule has 0 atom stereocenters. The van der Waals surface area contributed by atoms with Crippen LogP contribution in [0.4, 0.5) is 0 Å². The Balaban J connectivity index is 1.91. The molecule has 0 saturated carbocycles. The quantitative estimate of drug-likeness (QED) is 0.267. The molecule has 0 aliphatic heterocycles. The van der Waals surface area contributed by atoms with Crippen LogP contribution in [0.2, 0.25) is 0 Å². The smallest absolute Gasteiger partial charge is 0.210 e. The van der Waals surface area contributed by atoms with E-state index in [4.69, 9.17) is 0 Å². The van der Waals surface area contributed by atoms with Gasteiger partial charge in [-0.3, -0.25) is 4.57 Å². The van der Waals surface area contributed by atoms with Gasteiger partial charge in [-0.1, -0.05) is 118 Å². The predicted octanol–water partition coefficient (Wildman–Crippen LogP) is 6.49. The monoisotopic (exact) mass is 366 g/mol. The number of hydrogen-bond acceptors (Lipinski definition) is 1. The van der Waals surface area contributed by atoms with Crippen molar-refractivity contribution in [3.63, 3.8) is 0 Å². The molecule has 0 aliphatic rings. The summed E-state index contributed by atoms with van der Waals surface area (Å²) in [6.07, 6.45) is 11.2. The van der Waals surface area contributed by atoms with E-state index in [1.165, 1.54) is 44.9 Å². The standard InChI is InChI=1S/C24H31OP/c1-2-3-4-5-6-7-8-9-10-17-22-26(25,23-18-13-11-14-19-23)24-20-15-12-16-21-24/h11-16,18-21H,2-10H2,1H3. The molecule has 138 valence electrons. The van der Waals surface area contributed by atoms with E-state index >= 15 is 0 Å². The number of rotatable bonds is 10. The topological polar surface area (TPSA) is 17.1 Å². The third kappa shape index (κ3) is 6.51. The Morgan fingerprint density at radius 2 is 1.15 bits per heavy atom. The van der Waals surface area contributed by atoms with E-state index in [2.05, 4.69) is 18.5 Å². The van der Waals surface area contributed by atoms with Crippen molar-refractivity contribution in [2.24, 2.45) is 0 Å². The van der Waals surface area contributed by atoms with Crippen LogP contribution in [0.1, 0.15) is 64.7 Å². The van der Waals surface area contributed by atoms with E-state index in [0.29, 0.717) is 0 Å². The van der Waals surface area contributed by atoms with E-state index in [9.17, 15) is 4.57 Å². The molecule has 0 bridgehead atoms. The molecule has 1 nitrogen and oxygen atoms in total. The minimum Gasteiger partial charge on any atom is -0.300 e. The second-order valence-corrected chi connectivity index (χ2v) is 9.27. The van der Waals surface area contributed by atoms with E-state index < -0.39 is 7.14 Å². The Bertz CT molecular complexity index is 682. The highest BCUT2D eigenvalue weighted by molar-refractivity contribution is 7.83. The first-order valence-electron chi connectivity index (χ1n) is 9.99. The molecule has 0 fully saturated rings. The zero-order valence-corrected chi connectivity index (χ0v) is 16.9. The molecule has 0 heterocycles. The van der Waals surface area contributed by atoms with Gasteiger partial charge in [-0.15, -0.1) is 0 Å². The lowest BCUT2D eigenvalue weighted by molar-refractivity contribution is 0.579. The molecule has 2 rings (SSSR count). The lowest BCUT2D eigenvalue weighted by Gasteiger charge is -2.12. The minimum absolute atomic E-state index is 0.828. The normalized spacial score (nSPS) is 11.0. The summed E-state index contributed by atoms with van der Waals surface area (Å²) in [5.41, 5.74) is 3.15. The van der Waals surface area contributed by atoms with Crippen molar-refractivity contribution in [3.8, 4) is 11.6 Å². The van der Waals surface area contributed by atoms with E-state index in [1.807, 2.05) is 60.7 Å². The molecule has 2 aromatic carbocycles. The van der Waals surface area contributed by atoms with Crippen LogP contribution in [0.15, 0.2) is 60.7 Å². The summed E-state index contributed by atoms with van der Waals surface area (Å²) in [6.45, 7) is 2.25. The van der Waals surface area contributed by atoms with Crippen LogP contribution >= 0.6 is 7.14 Å². The molecule has 0 aromatic heterocycles. The van der Waals surface area contributed by atoms with Crippen LogP contribution in [-0.4, -0.2) is 0 Å². The van der Waals surface area contributed by atoms with Crippen LogP contribution in [0.25, 0.3) is 0 Å². The fraction of sp³-hybridized carbons (Fsp3) is 0.417. The summed E-state index contributed by atoms with van der Waals surface area (Å²) >= 11 is 0. The Labute approximate surface area is 159 Å². The second kappa shape index (κ2) is 11.8. The summed E-state index contributed by atoms with van der Waals surface area (Å²) in [7, 11) is -2.86. The molecule has 2 aromatic rings. The van der Waals surface area contributed by atoms with Gasteiger partial charge in [0.15, 0.2) is 0 Å². The van der Waals surface area contributed by atoms with Crippen LogP contribution < -0.4 is 10.6 Å². The maximum atomic E-state index is 13.7. The molecule has 2 heteroatoms. The van der Waals surface area contributed by atoms with Crippen molar-refractivity contribution >= 4 is 17.8 Å². The fourth-order valence-corrected chi connectivity index (χ4v) is 5.14. The maximum Gasteiger partial charge on any atom is 0.210 e. The van der Waals surface area contributed by atoms with Gasteiger partial charge in [0.25, 0.3) is 0 Å². The van der Waals surface area contributed by atoms with Crippen molar-refractivity contribution in [2.75, 3.05) is 0 Å². The van der Waals surface area contributed by atoms with Crippen molar-refractivity contribution < 1.29 is 4.57 Å². The Kier molecular flexibility index (Phi) is 9.30. The molecule has 0 unspecified atom stereocenters. The summed E-state index contributed by atoms with van der Waals surface area (Å²) < 4.78 is 13.7. The van der Waals surface area contributed by atoms with Gasteiger partial charge in [0.1, 0.15) is 0 Å². The molecule has 26 heavy (non-hydrogen) atoms. The van der Waals surface area contributed by atoms with Crippen LogP contribution in [-0.2, 0) is 4.57 Å². The zero-order valence-electron chi connectivity index (χ0n) is 16.0. The van der Waals surface area contributed by atoms with Gasteiger partial charge in [-0.25, -0.2) is 0 Å². The van der Waals surface area contributed by atoms with Gasteiger partial charge < -0.3 is 0 Å². The number of hydrogen-bond donors (Lipinski definition) is 0. The van der Waals surface area contributed by atoms with E-state index in [0.717, 1.165) is 23.5 Å². The van der Waals surface area contributed by atoms with Crippen molar-refractivity contribution in [1.29, 1.82) is 0 Å². The van der Waals surface area contributed by atoms with E-state index in [-0.39, 0.29) is 0 Å². The van der Waals surface area contributed by atoms with Gasteiger partial charge >= 0.3 is 0 Å². The molecule has 0 radical (unpaired) electrons. The van der Waals surface area contributed by atoms with Gasteiger partial charge in [-0.2, -0.15) is 0 Å². The third-order valence-corrected chi connectivity index (χ3v) is 7.16. The predicted molar refractivity (Wildman–Crippen MR) is 115 cm³/mol. The molecular formula is C24H31OP. The Morgan fingerprint density at radius 3 is 1.65 bits per heavy atom. The molecule has 0 N–H and O–H groups in total. The molecule has 0 amide bonds. The molecule has 0 saturated heterocycles. The van der Waals surface area contributed by atoms with Gasteiger partial charge in [-0.05, 0) is 12.1 Å². The largest absolute Gasteiger partial charge is 0.300 e. The lowest BCUT2D eigenvalue weighted by atomic mass is 10.1. The maximum absolute atomic E-state index is 13.7. The average molecular weight is 366 g/mol. The van der Waals surface area contributed by atoms with Crippen LogP contribution in [0, 0.1) is 11.6 Å². The zero-order chi connectivity index (χ0) is 18.5. The van der Waals surface area contributed by atoms with Gasteiger partial charge in [0.2, 0.25) is 7.14 Å². The molecular weight excluding hydrogens is 335 g/mol. The summed E-state index contributed by atoms with van der Waals surface area (Å²) in [5, 5.41) is 1.66. The van der Waals surface area contributed by atoms with Crippen molar-refractivity contribution in [2.45, 2.75) is 64.7 Å². The van der Waals surface area contributed by atoms with Gasteiger partial charge in [0.05, 0.1) is 0 Å². The highest BCUT2D eigenvalue weighted by atomic mass is 31.2. The first-order chi connectivity index (χ1) is 12.8. The first kappa shape index (κ1) is 20.5. The summed E-state index contributed by atoms with van der Waals surface area (Å²) in [5.74, 6) is 3.22. The highest BCUT2D eigenvalue weighted by Gasteiger charge is 2.24. The summed E-state index contributed by atoms with van der Waals surface area (Å²) in [4.78, 5) is 0. The van der Waals surface area contributed by atoms with Crippen molar-refractivity contribution in [1.82, 2.24) is 0 Å². The SMILES string of the molecule is CCCCCCCCCCC#CP(=O)(c1ccccc1)c1ccccc1. The van der Waals surface area contributed by atoms with Crippen LogP contribution in [0.3, 0.4) is 0 Å². The Hall–Kier alpha value is -1.77. The lowest BCUT2D eigenvalue weighted by Crippen LogP contribution is -2.14. The minimum atomic E-state index is -2.86. The highest BCUT2D eigenvalue weighted by Crippen LogP contribution is 2.41. The van der Waals surface area contributed by atoms with E-state index in [1.54, 1.807) is 0 Å². The number of benzene rings is 2. The molecule has 0 aliphatic carbocycles. The fourth-order valence-electron chi connectivity index (χ4n) is 3.07.